The monoisotopic (exact) mass is 267 g/mol. The Morgan fingerprint density at radius 2 is 2.20 bits per heavy atom. The second kappa shape index (κ2) is 6.34. The number of ether oxygens (including phenoxy) is 1. The predicted octanol–water partition coefficient (Wildman–Crippen LogP) is 2.21. The van der Waals surface area contributed by atoms with Crippen molar-refractivity contribution >= 4 is 22.9 Å². The van der Waals surface area contributed by atoms with Crippen LogP contribution >= 0.6 is 0 Å². The number of carbonyl (C=O) groups is 1. The van der Waals surface area contributed by atoms with Crippen molar-refractivity contribution in [3.8, 4) is 11.8 Å². The van der Waals surface area contributed by atoms with E-state index >= 15 is 0 Å². The van der Waals surface area contributed by atoms with Crippen LogP contribution in [0.3, 0.4) is 0 Å². The number of carbonyl (C=O) groups excluding carboxylic acids is 1. The molecule has 2 aromatic carbocycles. The number of nitriles is 1. The molecule has 0 aliphatic rings. The SMILES string of the molecule is COc1ccc2ccccc2c1C=NNC(=O)CC#N. The van der Waals surface area contributed by atoms with Crippen LogP contribution in [0.25, 0.3) is 10.8 Å². The standard InChI is InChI=1S/C15H13N3O2/c1-20-14-7-6-11-4-2-3-5-12(11)13(14)10-17-18-15(19)8-9-16/h2-7,10H,8H2,1H3,(H,18,19). The van der Waals surface area contributed by atoms with Crippen molar-refractivity contribution in [3.05, 3.63) is 42.0 Å². The molecule has 2 aromatic rings. The molecule has 2 rings (SSSR count). The lowest BCUT2D eigenvalue weighted by Crippen LogP contribution is -2.16. The van der Waals surface area contributed by atoms with Gasteiger partial charge in [0.25, 0.3) is 5.91 Å². The molecule has 1 N–H and O–H groups in total. The Balaban J connectivity index is 2.34. The van der Waals surface area contributed by atoms with Gasteiger partial charge < -0.3 is 4.74 Å². The molecule has 0 aromatic heterocycles. The number of fused-ring (bicyclic) bond motifs is 1. The molecule has 0 radical (unpaired) electrons. The predicted molar refractivity (Wildman–Crippen MR) is 76.5 cm³/mol. The summed E-state index contributed by atoms with van der Waals surface area (Å²) in [5.41, 5.74) is 3.08. The smallest absolute Gasteiger partial charge is 0.254 e. The van der Waals surface area contributed by atoms with Gasteiger partial charge >= 0.3 is 0 Å². The lowest BCUT2D eigenvalue weighted by molar-refractivity contribution is -0.120. The van der Waals surface area contributed by atoms with Crippen molar-refractivity contribution in [1.82, 2.24) is 5.43 Å². The van der Waals surface area contributed by atoms with Gasteiger partial charge in [-0.15, -0.1) is 0 Å². The third-order valence-corrected chi connectivity index (χ3v) is 2.77. The number of nitrogens with one attached hydrogen (secondary N) is 1. The van der Waals surface area contributed by atoms with Crippen molar-refractivity contribution in [1.29, 1.82) is 5.26 Å². The van der Waals surface area contributed by atoms with Crippen molar-refractivity contribution in [2.24, 2.45) is 5.10 Å². The maximum Gasteiger partial charge on any atom is 0.254 e. The van der Waals surface area contributed by atoms with Gasteiger partial charge in [0.1, 0.15) is 12.2 Å². The van der Waals surface area contributed by atoms with Crippen LogP contribution in [0.5, 0.6) is 5.75 Å². The first-order valence-corrected chi connectivity index (χ1v) is 6.01. The number of hydrogen-bond acceptors (Lipinski definition) is 4. The third-order valence-electron chi connectivity index (χ3n) is 2.77. The minimum Gasteiger partial charge on any atom is -0.496 e. The first-order valence-electron chi connectivity index (χ1n) is 6.01. The van der Waals surface area contributed by atoms with E-state index in [0.717, 1.165) is 16.3 Å². The molecule has 0 atom stereocenters. The second-order valence-corrected chi connectivity index (χ2v) is 4.03. The normalized spacial score (nSPS) is 10.4. The Labute approximate surface area is 116 Å². The lowest BCUT2D eigenvalue weighted by atomic mass is 10.0. The fourth-order valence-corrected chi connectivity index (χ4v) is 1.87. The van der Waals surface area contributed by atoms with Gasteiger partial charge in [-0.25, -0.2) is 5.43 Å². The number of amides is 1. The maximum atomic E-state index is 11.2. The van der Waals surface area contributed by atoms with E-state index in [1.165, 1.54) is 6.21 Å². The molecule has 0 aliphatic heterocycles. The van der Waals surface area contributed by atoms with E-state index in [2.05, 4.69) is 10.5 Å². The molecule has 5 heteroatoms. The number of rotatable bonds is 4. The molecule has 0 fully saturated rings. The summed E-state index contributed by atoms with van der Waals surface area (Å²) in [6.45, 7) is 0. The summed E-state index contributed by atoms with van der Waals surface area (Å²) in [6.07, 6.45) is 1.31. The molecule has 5 nitrogen and oxygen atoms in total. The fourth-order valence-electron chi connectivity index (χ4n) is 1.87. The maximum absolute atomic E-state index is 11.2. The summed E-state index contributed by atoms with van der Waals surface area (Å²) in [7, 11) is 1.58. The highest BCUT2D eigenvalue weighted by Gasteiger charge is 2.06. The van der Waals surface area contributed by atoms with Crippen LogP contribution in [0.2, 0.25) is 0 Å². The molecule has 100 valence electrons. The Morgan fingerprint density at radius 1 is 1.40 bits per heavy atom. The number of benzene rings is 2. The molecule has 0 spiro atoms. The van der Waals surface area contributed by atoms with Gasteiger partial charge in [0.15, 0.2) is 0 Å². The van der Waals surface area contributed by atoms with Crippen LogP contribution in [0, 0.1) is 11.3 Å². The van der Waals surface area contributed by atoms with Crippen LogP contribution in [0.4, 0.5) is 0 Å². The summed E-state index contributed by atoms with van der Waals surface area (Å²) in [5, 5.41) is 14.3. The van der Waals surface area contributed by atoms with E-state index in [1.54, 1.807) is 13.2 Å². The molecule has 0 saturated carbocycles. The Kier molecular flexibility index (Phi) is 4.30. The summed E-state index contributed by atoms with van der Waals surface area (Å²) in [4.78, 5) is 11.2. The van der Waals surface area contributed by atoms with Gasteiger partial charge in [-0.3, -0.25) is 4.79 Å². The quantitative estimate of drug-likeness (QED) is 0.681. The Bertz CT molecular complexity index is 702. The number of methoxy groups -OCH3 is 1. The first kappa shape index (κ1) is 13.6. The molecule has 1 amide bonds. The van der Waals surface area contributed by atoms with Gasteiger partial charge in [0.2, 0.25) is 0 Å². The van der Waals surface area contributed by atoms with Gasteiger partial charge in [0, 0.05) is 5.56 Å². The van der Waals surface area contributed by atoms with E-state index in [1.807, 2.05) is 36.4 Å². The minimum atomic E-state index is -0.442. The fraction of sp³-hybridized carbons (Fsp3) is 0.133. The van der Waals surface area contributed by atoms with Gasteiger partial charge in [-0.2, -0.15) is 10.4 Å². The van der Waals surface area contributed by atoms with Crippen LogP contribution in [0.15, 0.2) is 41.5 Å². The van der Waals surface area contributed by atoms with Crippen molar-refractivity contribution in [2.75, 3.05) is 7.11 Å². The number of nitrogens with zero attached hydrogens (tertiary/aromatic N) is 2. The molecule has 20 heavy (non-hydrogen) atoms. The average molecular weight is 267 g/mol. The molecule has 0 bridgehead atoms. The Morgan fingerprint density at radius 3 is 2.95 bits per heavy atom. The summed E-state index contributed by atoms with van der Waals surface area (Å²) in [5.74, 6) is 0.227. The summed E-state index contributed by atoms with van der Waals surface area (Å²) < 4.78 is 5.30. The first-order chi connectivity index (χ1) is 9.76. The van der Waals surface area contributed by atoms with Crippen molar-refractivity contribution in [2.45, 2.75) is 6.42 Å². The highest BCUT2D eigenvalue weighted by atomic mass is 16.5. The van der Waals surface area contributed by atoms with Crippen molar-refractivity contribution in [3.63, 3.8) is 0 Å². The summed E-state index contributed by atoms with van der Waals surface area (Å²) >= 11 is 0. The van der Waals surface area contributed by atoms with E-state index in [9.17, 15) is 4.79 Å². The zero-order valence-electron chi connectivity index (χ0n) is 11.0. The van der Waals surface area contributed by atoms with Crippen LogP contribution in [0.1, 0.15) is 12.0 Å². The highest BCUT2D eigenvalue weighted by Crippen LogP contribution is 2.26. The Hall–Kier alpha value is -2.87. The average Bonchev–Trinajstić information content (AvgIpc) is 2.47. The molecule has 0 aliphatic carbocycles. The van der Waals surface area contributed by atoms with Crippen LogP contribution in [-0.2, 0) is 4.79 Å². The van der Waals surface area contributed by atoms with Gasteiger partial charge in [0.05, 0.1) is 19.4 Å². The molecule has 0 heterocycles. The zero-order valence-corrected chi connectivity index (χ0v) is 11.0. The largest absolute Gasteiger partial charge is 0.496 e. The molecular weight excluding hydrogens is 254 g/mol. The number of hydrogen-bond donors (Lipinski definition) is 1. The minimum absolute atomic E-state index is 0.218. The highest BCUT2D eigenvalue weighted by molar-refractivity contribution is 6.02. The van der Waals surface area contributed by atoms with E-state index in [4.69, 9.17) is 10.00 Å². The van der Waals surface area contributed by atoms with E-state index in [0.29, 0.717) is 5.75 Å². The van der Waals surface area contributed by atoms with E-state index in [-0.39, 0.29) is 6.42 Å². The third kappa shape index (κ3) is 2.93. The van der Waals surface area contributed by atoms with Gasteiger partial charge in [-0.05, 0) is 16.8 Å². The van der Waals surface area contributed by atoms with Gasteiger partial charge in [-0.1, -0.05) is 30.3 Å². The molecule has 0 saturated heterocycles. The number of hydrazone groups is 1. The molecular formula is C15H13N3O2. The second-order valence-electron chi connectivity index (χ2n) is 4.03. The van der Waals surface area contributed by atoms with E-state index < -0.39 is 5.91 Å². The van der Waals surface area contributed by atoms with Crippen LogP contribution < -0.4 is 10.2 Å². The zero-order chi connectivity index (χ0) is 14.4. The summed E-state index contributed by atoms with van der Waals surface area (Å²) in [6, 6.07) is 13.4. The van der Waals surface area contributed by atoms with Crippen molar-refractivity contribution < 1.29 is 9.53 Å². The topological polar surface area (TPSA) is 74.5 Å². The molecule has 0 unspecified atom stereocenters. The lowest BCUT2D eigenvalue weighted by Gasteiger charge is -2.08. The van der Waals surface area contributed by atoms with Crippen LogP contribution in [-0.4, -0.2) is 19.2 Å².